The zero-order chi connectivity index (χ0) is 9.56. The van der Waals surface area contributed by atoms with Gasteiger partial charge in [0, 0.05) is 12.1 Å². The van der Waals surface area contributed by atoms with Crippen LogP contribution in [-0.2, 0) is 0 Å². The quantitative estimate of drug-likeness (QED) is 0.592. The van der Waals surface area contributed by atoms with E-state index in [1.807, 2.05) is 0 Å². The molecule has 0 rings (SSSR count). The molecule has 12 heavy (non-hydrogen) atoms. The van der Waals surface area contributed by atoms with E-state index in [1.54, 1.807) is 0 Å². The summed E-state index contributed by atoms with van der Waals surface area (Å²) in [4.78, 5) is 2.62. The monoisotopic (exact) mass is 171 g/mol. The van der Waals surface area contributed by atoms with E-state index in [0.717, 1.165) is 12.1 Å². The van der Waals surface area contributed by atoms with Crippen LogP contribution in [0.4, 0.5) is 0 Å². The predicted molar refractivity (Wildman–Crippen MR) is 56.5 cm³/mol. The van der Waals surface area contributed by atoms with Crippen LogP contribution in [-0.4, -0.2) is 23.5 Å². The van der Waals surface area contributed by atoms with Gasteiger partial charge in [0.05, 0.1) is 0 Å². The van der Waals surface area contributed by atoms with E-state index in [2.05, 4.69) is 39.5 Å². The van der Waals surface area contributed by atoms with Gasteiger partial charge < -0.3 is 0 Å². The first-order valence-electron chi connectivity index (χ1n) is 5.43. The lowest BCUT2D eigenvalue weighted by atomic mass is 10.1. The molecular weight excluding hydrogens is 146 g/mol. The highest BCUT2D eigenvalue weighted by atomic mass is 15.2. The highest BCUT2D eigenvalue weighted by Gasteiger charge is 2.15. The van der Waals surface area contributed by atoms with E-state index in [0.29, 0.717) is 0 Å². The second kappa shape index (κ2) is 6.47. The zero-order valence-corrected chi connectivity index (χ0v) is 9.43. The molecule has 2 atom stereocenters. The van der Waals surface area contributed by atoms with Crippen LogP contribution in [0.1, 0.15) is 53.9 Å². The van der Waals surface area contributed by atoms with Crippen molar-refractivity contribution in [1.82, 2.24) is 4.90 Å². The van der Waals surface area contributed by atoms with E-state index < -0.39 is 0 Å². The molecule has 1 nitrogen and oxygen atoms in total. The average molecular weight is 171 g/mol. The summed E-state index contributed by atoms with van der Waals surface area (Å²) in [6.07, 6.45) is 3.81. The smallest absolute Gasteiger partial charge is 0.00671 e. The highest BCUT2D eigenvalue weighted by molar-refractivity contribution is 4.71. The van der Waals surface area contributed by atoms with Gasteiger partial charge in [0.2, 0.25) is 0 Å². The second-order valence-corrected chi connectivity index (χ2v) is 3.75. The molecule has 0 fully saturated rings. The Hall–Kier alpha value is -0.0400. The fourth-order valence-corrected chi connectivity index (χ4v) is 1.60. The topological polar surface area (TPSA) is 3.24 Å². The third-order valence-corrected chi connectivity index (χ3v) is 2.80. The van der Waals surface area contributed by atoms with Gasteiger partial charge in [-0.05, 0) is 39.7 Å². The molecule has 0 saturated carbocycles. The van der Waals surface area contributed by atoms with E-state index >= 15 is 0 Å². The molecule has 74 valence electrons. The summed E-state index contributed by atoms with van der Waals surface area (Å²) < 4.78 is 0. The first-order chi connectivity index (χ1) is 5.67. The van der Waals surface area contributed by atoms with Gasteiger partial charge in [-0.2, -0.15) is 0 Å². The SMILES string of the molecule is CCCN(C(C)CC)C(C)CC. The number of hydrogen-bond acceptors (Lipinski definition) is 1. The molecule has 0 spiro atoms. The van der Waals surface area contributed by atoms with Gasteiger partial charge in [0.15, 0.2) is 0 Å². The maximum atomic E-state index is 2.62. The molecule has 0 aliphatic rings. The third-order valence-electron chi connectivity index (χ3n) is 2.80. The first kappa shape index (κ1) is 12.0. The molecule has 0 aromatic heterocycles. The second-order valence-electron chi connectivity index (χ2n) is 3.75. The maximum absolute atomic E-state index is 2.62. The van der Waals surface area contributed by atoms with Crippen molar-refractivity contribution in [3.05, 3.63) is 0 Å². The Morgan fingerprint density at radius 1 is 0.917 bits per heavy atom. The molecule has 0 aromatic rings. The molecule has 0 amide bonds. The molecule has 0 bridgehead atoms. The summed E-state index contributed by atoms with van der Waals surface area (Å²) >= 11 is 0. The summed E-state index contributed by atoms with van der Waals surface area (Å²) in [6, 6.07) is 1.50. The lowest BCUT2D eigenvalue weighted by molar-refractivity contribution is 0.146. The van der Waals surface area contributed by atoms with Crippen molar-refractivity contribution in [3.63, 3.8) is 0 Å². The van der Waals surface area contributed by atoms with Gasteiger partial charge >= 0.3 is 0 Å². The molecular formula is C11H25N. The summed E-state index contributed by atoms with van der Waals surface area (Å²) in [6.45, 7) is 12.7. The van der Waals surface area contributed by atoms with Crippen molar-refractivity contribution in [1.29, 1.82) is 0 Å². The molecule has 2 unspecified atom stereocenters. The molecule has 0 aromatic carbocycles. The molecule has 0 saturated heterocycles. The Labute approximate surface area is 78.1 Å². The van der Waals surface area contributed by atoms with Crippen LogP contribution >= 0.6 is 0 Å². The fraction of sp³-hybridized carbons (Fsp3) is 1.00. The largest absolute Gasteiger partial charge is 0.298 e. The summed E-state index contributed by atoms with van der Waals surface area (Å²) in [5.74, 6) is 0. The fourth-order valence-electron chi connectivity index (χ4n) is 1.60. The van der Waals surface area contributed by atoms with Gasteiger partial charge in [0.25, 0.3) is 0 Å². The van der Waals surface area contributed by atoms with E-state index in [9.17, 15) is 0 Å². The van der Waals surface area contributed by atoms with E-state index in [-0.39, 0.29) is 0 Å². The predicted octanol–water partition coefficient (Wildman–Crippen LogP) is 3.30. The van der Waals surface area contributed by atoms with Crippen molar-refractivity contribution in [2.24, 2.45) is 0 Å². The van der Waals surface area contributed by atoms with Crippen LogP contribution in [0.3, 0.4) is 0 Å². The van der Waals surface area contributed by atoms with Crippen molar-refractivity contribution < 1.29 is 0 Å². The van der Waals surface area contributed by atoms with E-state index in [1.165, 1.54) is 25.8 Å². The van der Waals surface area contributed by atoms with Gasteiger partial charge in [-0.15, -0.1) is 0 Å². The van der Waals surface area contributed by atoms with Crippen LogP contribution in [0.2, 0.25) is 0 Å². The number of rotatable bonds is 6. The highest BCUT2D eigenvalue weighted by Crippen LogP contribution is 2.11. The van der Waals surface area contributed by atoms with Crippen LogP contribution in [0.15, 0.2) is 0 Å². The number of nitrogens with zero attached hydrogens (tertiary/aromatic N) is 1. The molecule has 0 aliphatic carbocycles. The van der Waals surface area contributed by atoms with Crippen molar-refractivity contribution in [2.45, 2.75) is 66.0 Å². The minimum absolute atomic E-state index is 0.750. The summed E-state index contributed by atoms with van der Waals surface area (Å²) in [7, 11) is 0. The van der Waals surface area contributed by atoms with Crippen LogP contribution in [0.25, 0.3) is 0 Å². The molecule has 0 N–H and O–H groups in total. The van der Waals surface area contributed by atoms with Gasteiger partial charge in [-0.25, -0.2) is 0 Å². The van der Waals surface area contributed by atoms with Gasteiger partial charge in [-0.1, -0.05) is 20.8 Å². The average Bonchev–Trinajstić information content (AvgIpc) is 2.11. The van der Waals surface area contributed by atoms with Crippen molar-refractivity contribution in [3.8, 4) is 0 Å². The minimum Gasteiger partial charge on any atom is -0.298 e. The Bertz CT molecular complexity index is 91.2. The zero-order valence-electron chi connectivity index (χ0n) is 9.43. The maximum Gasteiger partial charge on any atom is 0.00671 e. The van der Waals surface area contributed by atoms with Gasteiger partial charge in [0.1, 0.15) is 0 Å². The molecule has 0 heterocycles. The first-order valence-corrected chi connectivity index (χ1v) is 5.43. The molecule has 1 heteroatoms. The Morgan fingerprint density at radius 3 is 1.58 bits per heavy atom. The lowest BCUT2D eigenvalue weighted by Crippen LogP contribution is -2.40. The van der Waals surface area contributed by atoms with E-state index in [4.69, 9.17) is 0 Å². The molecule has 0 aliphatic heterocycles. The standard InChI is InChI=1S/C11H25N/c1-6-9-12(10(4)7-2)11(5)8-3/h10-11H,6-9H2,1-5H3. The Morgan fingerprint density at radius 2 is 1.33 bits per heavy atom. The van der Waals surface area contributed by atoms with Crippen molar-refractivity contribution >= 4 is 0 Å². The Balaban J connectivity index is 4.01. The third kappa shape index (κ3) is 3.57. The minimum atomic E-state index is 0.750. The lowest BCUT2D eigenvalue weighted by Gasteiger charge is -2.33. The Kier molecular flexibility index (Phi) is 6.45. The van der Waals surface area contributed by atoms with Crippen LogP contribution < -0.4 is 0 Å². The summed E-state index contributed by atoms with van der Waals surface area (Å²) in [5.41, 5.74) is 0. The molecule has 0 radical (unpaired) electrons. The van der Waals surface area contributed by atoms with Crippen molar-refractivity contribution in [2.75, 3.05) is 6.54 Å². The summed E-state index contributed by atoms with van der Waals surface area (Å²) in [5, 5.41) is 0. The number of hydrogen-bond donors (Lipinski definition) is 0. The van der Waals surface area contributed by atoms with Crippen LogP contribution in [0, 0.1) is 0 Å². The normalized spacial score (nSPS) is 16.5. The van der Waals surface area contributed by atoms with Gasteiger partial charge in [-0.3, -0.25) is 4.90 Å². The van der Waals surface area contributed by atoms with Crippen LogP contribution in [0.5, 0.6) is 0 Å².